The molecule has 0 heterocycles. The number of hydrogen-bond donors (Lipinski definition) is 2. The van der Waals surface area contributed by atoms with Crippen LogP contribution in [-0.4, -0.2) is 15.1 Å². The maximum absolute atomic E-state index is 5.97. The van der Waals surface area contributed by atoms with Crippen LogP contribution in [0.2, 0.25) is 26.2 Å². The van der Waals surface area contributed by atoms with E-state index in [-0.39, 0.29) is 0 Å². The van der Waals surface area contributed by atoms with Crippen LogP contribution in [-0.2, 0) is 0 Å². The van der Waals surface area contributed by atoms with Crippen molar-refractivity contribution in [3.63, 3.8) is 0 Å². The molecule has 0 spiro atoms. The van der Waals surface area contributed by atoms with Crippen molar-refractivity contribution >= 4 is 37.2 Å². The van der Waals surface area contributed by atoms with E-state index in [1.165, 1.54) is 0 Å². The topological polar surface area (TPSA) is 24.1 Å². The van der Waals surface area contributed by atoms with Crippen LogP contribution in [0.4, 0.5) is 0 Å². The Kier molecular flexibility index (Phi) is 3.89. The average molecular weight is 217 g/mol. The van der Waals surface area contributed by atoms with Gasteiger partial charge in [-0.3, -0.25) is 10.2 Å². The van der Waals surface area contributed by atoms with Crippen LogP contribution in [0, 0.1) is 0 Å². The molecule has 10 heavy (non-hydrogen) atoms. The first kappa shape index (κ1) is 10.9. The molecular formula is C4H14Cl2N2Si2. The van der Waals surface area contributed by atoms with Crippen LogP contribution in [0.3, 0.4) is 0 Å². The van der Waals surface area contributed by atoms with Crippen molar-refractivity contribution in [3.8, 4) is 0 Å². The van der Waals surface area contributed by atoms with Crippen LogP contribution >= 0.6 is 22.2 Å². The molecule has 62 valence electrons. The van der Waals surface area contributed by atoms with Gasteiger partial charge in [0, 0.05) is 0 Å². The molecule has 2 N–H and O–H groups in total. The molecule has 0 aromatic rings. The van der Waals surface area contributed by atoms with Gasteiger partial charge in [-0.1, -0.05) is 0 Å². The Morgan fingerprint density at radius 2 is 1.00 bits per heavy atom. The largest absolute Gasteiger partial charge is 0.270 e. The lowest BCUT2D eigenvalue weighted by Crippen LogP contribution is -2.57. The quantitative estimate of drug-likeness (QED) is 0.429. The molecule has 0 aliphatic heterocycles. The highest BCUT2D eigenvalue weighted by Gasteiger charge is 2.22. The molecule has 0 radical (unpaired) electrons. The molecule has 0 aromatic heterocycles. The highest BCUT2D eigenvalue weighted by molar-refractivity contribution is 7.20. The summed E-state index contributed by atoms with van der Waals surface area (Å²) in [7, 11) is -3.41. The molecule has 0 fully saturated rings. The van der Waals surface area contributed by atoms with Gasteiger partial charge >= 0.3 is 0 Å². The minimum absolute atomic E-state index is 1.71. The zero-order valence-electron chi connectivity index (χ0n) is 6.76. The molecule has 2 nitrogen and oxygen atoms in total. The summed E-state index contributed by atoms with van der Waals surface area (Å²) in [5.74, 6) is 0. The van der Waals surface area contributed by atoms with Gasteiger partial charge in [0.05, 0.1) is 0 Å². The average Bonchev–Trinajstić information content (AvgIpc) is 1.57. The number of nitrogens with one attached hydrogen (secondary N) is 2. The van der Waals surface area contributed by atoms with Crippen LogP contribution in [0.25, 0.3) is 0 Å². The van der Waals surface area contributed by atoms with Gasteiger partial charge < -0.3 is 0 Å². The third-order valence-corrected chi connectivity index (χ3v) is 2.91. The minimum Gasteiger partial charge on any atom is -0.270 e. The van der Waals surface area contributed by atoms with Gasteiger partial charge in [-0.15, -0.1) is 22.2 Å². The molecular weight excluding hydrogens is 203 g/mol. The summed E-state index contributed by atoms with van der Waals surface area (Å²) in [6.07, 6.45) is 0. The first-order valence-corrected chi connectivity index (χ1v) is 11.2. The van der Waals surface area contributed by atoms with Crippen LogP contribution in [0.1, 0.15) is 0 Å². The summed E-state index contributed by atoms with van der Waals surface area (Å²) in [4.78, 5) is 0. The second-order valence-corrected chi connectivity index (χ2v) is 15.3. The molecule has 0 rings (SSSR count). The van der Waals surface area contributed by atoms with Gasteiger partial charge in [0.2, 0.25) is 15.1 Å². The van der Waals surface area contributed by atoms with Gasteiger partial charge in [-0.05, 0) is 26.2 Å². The Bertz CT molecular complexity index is 92.8. The van der Waals surface area contributed by atoms with E-state index in [1.54, 1.807) is 0 Å². The number of hydrogen-bond acceptors (Lipinski definition) is 2. The van der Waals surface area contributed by atoms with Crippen molar-refractivity contribution in [3.05, 3.63) is 0 Å². The molecule has 0 unspecified atom stereocenters. The monoisotopic (exact) mass is 216 g/mol. The second-order valence-electron chi connectivity index (χ2n) is 3.19. The molecule has 0 aromatic carbocycles. The molecule has 0 aliphatic carbocycles. The summed E-state index contributed by atoms with van der Waals surface area (Å²) < 4.78 is 0. The predicted octanol–water partition coefficient (Wildman–Crippen LogP) is 1.96. The van der Waals surface area contributed by atoms with Gasteiger partial charge in [0.15, 0.2) is 0 Å². The first-order chi connectivity index (χ1) is 4.21. The summed E-state index contributed by atoms with van der Waals surface area (Å²) in [6.45, 7) is 7.99. The molecule has 0 aliphatic rings. The van der Waals surface area contributed by atoms with E-state index < -0.39 is 15.1 Å². The third-order valence-electron chi connectivity index (χ3n) is 0.657. The van der Waals surface area contributed by atoms with Gasteiger partial charge in [-0.25, -0.2) is 0 Å². The second kappa shape index (κ2) is 3.56. The number of rotatable bonds is 3. The Hall–Kier alpha value is 0.934. The molecule has 0 atom stereocenters. The van der Waals surface area contributed by atoms with Crippen molar-refractivity contribution in [2.24, 2.45) is 0 Å². The lowest BCUT2D eigenvalue weighted by molar-refractivity contribution is 0.892. The summed E-state index contributed by atoms with van der Waals surface area (Å²) in [5.41, 5.74) is 0. The highest BCUT2D eigenvalue weighted by Crippen LogP contribution is 2.04. The Morgan fingerprint density at radius 1 is 0.800 bits per heavy atom. The number of halogens is 2. The lowest BCUT2D eigenvalue weighted by atomic mass is 11.9. The van der Waals surface area contributed by atoms with Crippen LogP contribution < -0.4 is 10.2 Å². The van der Waals surface area contributed by atoms with E-state index in [1.807, 2.05) is 26.2 Å². The fraction of sp³-hybridized carbons (Fsp3) is 1.00. The van der Waals surface area contributed by atoms with Gasteiger partial charge in [-0.2, -0.15) is 0 Å². The van der Waals surface area contributed by atoms with Crippen LogP contribution in [0.5, 0.6) is 0 Å². The Labute approximate surface area is 73.8 Å². The first-order valence-electron chi connectivity index (χ1n) is 3.13. The minimum atomic E-state index is -1.71. The highest BCUT2D eigenvalue weighted by atomic mass is 35.6. The van der Waals surface area contributed by atoms with E-state index in [0.29, 0.717) is 0 Å². The van der Waals surface area contributed by atoms with E-state index in [2.05, 4.69) is 10.2 Å². The van der Waals surface area contributed by atoms with E-state index in [4.69, 9.17) is 22.2 Å². The fourth-order valence-electron chi connectivity index (χ4n) is 0.297. The summed E-state index contributed by atoms with van der Waals surface area (Å²) in [5, 5.41) is 6.09. The van der Waals surface area contributed by atoms with Crippen LogP contribution in [0.15, 0.2) is 0 Å². The molecule has 0 amide bonds. The third kappa shape index (κ3) is 8.93. The number of hydrazine groups is 1. The van der Waals surface area contributed by atoms with Gasteiger partial charge in [0.1, 0.15) is 0 Å². The Morgan fingerprint density at radius 3 is 1.10 bits per heavy atom. The lowest BCUT2D eigenvalue weighted by Gasteiger charge is -2.22. The molecule has 6 heteroatoms. The SMILES string of the molecule is C[Si](C)(Cl)NN[Si](C)(C)Cl. The van der Waals surface area contributed by atoms with E-state index >= 15 is 0 Å². The summed E-state index contributed by atoms with van der Waals surface area (Å²) in [6, 6.07) is 0. The smallest absolute Gasteiger partial charge is 0.232 e. The normalized spacial score (nSPS) is 13.8. The van der Waals surface area contributed by atoms with E-state index in [0.717, 1.165) is 0 Å². The van der Waals surface area contributed by atoms with Gasteiger partial charge in [0.25, 0.3) is 0 Å². The molecule has 0 saturated heterocycles. The summed E-state index contributed by atoms with van der Waals surface area (Å²) >= 11 is 11.9. The fourth-order valence-corrected chi connectivity index (χ4v) is 3.53. The van der Waals surface area contributed by atoms with E-state index in [9.17, 15) is 0 Å². The Balaban J connectivity index is 3.56. The van der Waals surface area contributed by atoms with Crippen molar-refractivity contribution in [1.29, 1.82) is 0 Å². The maximum atomic E-state index is 5.97. The van der Waals surface area contributed by atoms with Crippen molar-refractivity contribution < 1.29 is 0 Å². The zero-order valence-corrected chi connectivity index (χ0v) is 10.3. The zero-order chi connectivity index (χ0) is 8.41. The van der Waals surface area contributed by atoms with Crippen molar-refractivity contribution in [2.45, 2.75) is 26.2 Å². The standard InChI is InChI=1S/C4H14Cl2N2Si2/c1-9(2,5)7-8-10(3,4)6/h7-8H,1-4H3. The van der Waals surface area contributed by atoms with Crippen molar-refractivity contribution in [2.75, 3.05) is 0 Å². The predicted molar refractivity (Wildman–Crippen MR) is 52.9 cm³/mol. The van der Waals surface area contributed by atoms with Crippen molar-refractivity contribution in [1.82, 2.24) is 10.2 Å². The molecule has 0 saturated carbocycles. The molecule has 0 bridgehead atoms. The maximum Gasteiger partial charge on any atom is 0.232 e.